The second-order valence-electron chi connectivity index (χ2n) is 9.05. The summed E-state index contributed by atoms with van der Waals surface area (Å²) in [5, 5.41) is 3.93. The summed E-state index contributed by atoms with van der Waals surface area (Å²) in [6.07, 6.45) is -9.06. The lowest BCUT2D eigenvalue weighted by molar-refractivity contribution is -0.138. The molecule has 1 heterocycles. The molecule has 0 saturated carbocycles. The zero-order valence-corrected chi connectivity index (χ0v) is 20.1. The van der Waals surface area contributed by atoms with E-state index in [1.165, 1.54) is 24.3 Å². The van der Waals surface area contributed by atoms with E-state index in [1.54, 1.807) is 24.3 Å². The van der Waals surface area contributed by atoms with Crippen LogP contribution in [-0.2, 0) is 12.4 Å². The quantitative estimate of drug-likeness (QED) is 0.124. The summed E-state index contributed by atoms with van der Waals surface area (Å²) in [6.45, 7) is 7.24. The van der Waals surface area contributed by atoms with Crippen LogP contribution < -0.4 is 0 Å². The fraction of sp³-hybridized carbons (Fsp3) is 0.0667. The third kappa shape index (κ3) is 4.25. The third-order valence-electron chi connectivity index (χ3n) is 6.66. The Balaban J connectivity index is 1.59. The van der Waals surface area contributed by atoms with E-state index in [9.17, 15) is 26.3 Å². The van der Waals surface area contributed by atoms with Crippen molar-refractivity contribution in [1.82, 2.24) is 9.97 Å². The molecule has 40 heavy (non-hydrogen) atoms. The maximum absolute atomic E-state index is 13.2. The van der Waals surface area contributed by atoms with Crippen LogP contribution in [0, 0.1) is 6.57 Å². The highest BCUT2D eigenvalue weighted by atomic mass is 19.4. The molecule has 6 rings (SSSR count). The lowest BCUT2D eigenvalue weighted by atomic mass is 9.92. The Hall–Kier alpha value is -5.04. The molecule has 4 aromatic carbocycles. The van der Waals surface area contributed by atoms with Crippen LogP contribution in [0.3, 0.4) is 0 Å². The van der Waals surface area contributed by atoms with Gasteiger partial charge in [-0.3, -0.25) is 0 Å². The minimum atomic E-state index is -4.53. The van der Waals surface area contributed by atoms with Gasteiger partial charge >= 0.3 is 12.4 Å². The fourth-order valence-corrected chi connectivity index (χ4v) is 4.79. The van der Waals surface area contributed by atoms with Crippen molar-refractivity contribution in [2.75, 3.05) is 0 Å². The van der Waals surface area contributed by atoms with Gasteiger partial charge in [-0.15, -0.1) is 4.95 Å². The van der Waals surface area contributed by atoms with Crippen LogP contribution in [0.4, 0.5) is 26.3 Å². The summed E-state index contributed by atoms with van der Waals surface area (Å²) >= 11 is 0. The highest BCUT2D eigenvalue weighted by Crippen LogP contribution is 2.41. The van der Waals surface area contributed by atoms with Crippen molar-refractivity contribution in [3.05, 3.63) is 119 Å². The minimum Gasteiger partial charge on any atom is -0.244 e. The molecule has 0 aliphatic heterocycles. The number of rotatable bonds is 2. The Morgan fingerprint density at radius 3 is 1.48 bits per heavy atom. The topological polar surface area (TPSA) is 42.5 Å². The van der Waals surface area contributed by atoms with Crippen molar-refractivity contribution in [2.24, 2.45) is 5.10 Å². The van der Waals surface area contributed by atoms with Crippen LogP contribution >= 0.6 is 0 Å². The van der Waals surface area contributed by atoms with E-state index in [1.807, 2.05) is 12.1 Å². The molecule has 1 aromatic heterocycles. The third-order valence-corrected chi connectivity index (χ3v) is 6.66. The predicted octanol–water partition coefficient (Wildman–Crippen LogP) is 8.65. The molecular weight excluding hydrogens is 530 g/mol. The molecule has 196 valence electrons. The zero-order chi connectivity index (χ0) is 28.2. The molecule has 1 aliphatic rings. The Kier molecular flexibility index (Phi) is 5.69. The molecule has 0 unspecified atom stereocenters. The van der Waals surface area contributed by atoms with Crippen molar-refractivity contribution in [2.45, 2.75) is 12.4 Å². The zero-order valence-electron chi connectivity index (χ0n) is 20.1. The number of nitrogens with zero attached hydrogens (tertiary/aromatic N) is 4. The summed E-state index contributed by atoms with van der Waals surface area (Å²) in [4.78, 5) is 12.7. The molecule has 10 heteroatoms. The fourth-order valence-electron chi connectivity index (χ4n) is 4.79. The van der Waals surface area contributed by atoms with Crippen molar-refractivity contribution in [3.8, 4) is 33.5 Å². The van der Waals surface area contributed by atoms with Crippen LogP contribution in [0.1, 0.15) is 22.4 Å². The number of fused-ring (bicyclic) bond motifs is 4. The standard InChI is InChI=1S/C30H14F6N4/c1-37-40-27-21-5-3-2-4-20(21)26-28(27)39-25-15-23(17-8-12-19(13-9-17)30(34,35)36)22(14-24(25)38-26)16-6-10-18(11-7-16)29(31,32)33/h2-15H/b40-27-. The van der Waals surface area contributed by atoms with Gasteiger partial charge < -0.3 is 0 Å². The first-order chi connectivity index (χ1) is 19.0. The van der Waals surface area contributed by atoms with Gasteiger partial charge in [-0.05, 0) is 58.7 Å². The lowest BCUT2D eigenvalue weighted by Crippen LogP contribution is -2.04. The van der Waals surface area contributed by atoms with Crippen LogP contribution in [0.2, 0.25) is 0 Å². The maximum Gasteiger partial charge on any atom is 0.416 e. The largest absolute Gasteiger partial charge is 0.416 e. The van der Waals surface area contributed by atoms with Crippen molar-refractivity contribution in [1.29, 1.82) is 0 Å². The Bertz CT molecular complexity index is 1860. The summed E-state index contributed by atoms with van der Waals surface area (Å²) in [5.41, 5.74) is 3.58. The van der Waals surface area contributed by atoms with E-state index in [2.05, 4.69) is 10.1 Å². The van der Waals surface area contributed by atoms with E-state index < -0.39 is 23.5 Å². The smallest absolute Gasteiger partial charge is 0.244 e. The molecule has 0 atom stereocenters. The molecule has 0 radical (unpaired) electrons. The molecule has 0 spiro atoms. The van der Waals surface area contributed by atoms with E-state index in [0.717, 1.165) is 29.8 Å². The summed E-state index contributed by atoms with van der Waals surface area (Å²) in [6, 6.07) is 19.6. The first-order valence-electron chi connectivity index (χ1n) is 11.8. The normalized spacial score (nSPS) is 13.8. The first kappa shape index (κ1) is 25.2. The van der Waals surface area contributed by atoms with Gasteiger partial charge in [0.05, 0.1) is 33.0 Å². The number of halogens is 6. The van der Waals surface area contributed by atoms with Crippen LogP contribution in [0.25, 0.3) is 49.5 Å². The second kappa shape index (κ2) is 9.02. The number of hydrogen-bond donors (Lipinski definition) is 0. The minimum absolute atomic E-state index is 0.359. The average Bonchev–Trinajstić information content (AvgIpc) is 3.23. The van der Waals surface area contributed by atoms with E-state index in [0.29, 0.717) is 56.0 Å². The van der Waals surface area contributed by atoms with Gasteiger partial charge in [0.15, 0.2) is 5.71 Å². The average molecular weight is 544 g/mol. The lowest BCUT2D eigenvalue weighted by Gasteiger charge is -2.15. The number of benzene rings is 4. The number of alkyl halides is 6. The van der Waals surface area contributed by atoms with Gasteiger partial charge in [-0.2, -0.15) is 32.9 Å². The number of hydrogen-bond acceptors (Lipinski definition) is 3. The van der Waals surface area contributed by atoms with E-state index in [-0.39, 0.29) is 0 Å². The Labute approximate surface area is 223 Å². The molecule has 5 aromatic rings. The van der Waals surface area contributed by atoms with Crippen LogP contribution in [0.15, 0.2) is 90.0 Å². The van der Waals surface area contributed by atoms with Crippen LogP contribution in [0.5, 0.6) is 0 Å². The van der Waals surface area contributed by atoms with Gasteiger partial charge in [-0.1, -0.05) is 48.5 Å². The highest BCUT2D eigenvalue weighted by molar-refractivity contribution is 6.23. The molecular formula is C30H14F6N4. The van der Waals surface area contributed by atoms with Gasteiger partial charge in [0.1, 0.15) is 5.69 Å². The summed E-state index contributed by atoms with van der Waals surface area (Å²) in [5.74, 6) is 0. The maximum atomic E-state index is 13.2. The Morgan fingerprint density at radius 2 is 1.02 bits per heavy atom. The summed E-state index contributed by atoms with van der Waals surface area (Å²) in [7, 11) is 0. The molecule has 0 amide bonds. The van der Waals surface area contributed by atoms with Crippen molar-refractivity contribution >= 4 is 16.7 Å². The predicted molar refractivity (Wildman–Crippen MR) is 138 cm³/mol. The SMILES string of the molecule is [C-]#[N+]/N=C1/c2ccccc2-c2nc3cc(-c4ccc(C(F)(F)F)cc4)c(-c4ccc(C(F)(F)F)cc4)cc3nc21. The Morgan fingerprint density at radius 1 is 0.575 bits per heavy atom. The van der Waals surface area contributed by atoms with Gasteiger partial charge in [0.2, 0.25) is 0 Å². The van der Waals surface area contributed by atoms with Crippen molar-refractivity contribution in [3.63, 3.8) is 0 Å². The van der Waals surface area contributed by atoms with E-state index >= 15 is 0 Å². The molecule has 0 bridgehead atoms. The van der Waals surface area contributed by atoms with Gasteiger partial charge in [0.25, 0.3) is 0 Å². The molecule has 0 fully saturated rings. The van der Waals surface area contributed by atoms with Crippen molar-refractivity contribution < 1.29 is 26.3 Å². The van der Waals surface area contributed by atoms with E-state index in [4.69, 9.17) is 16.5 Å². The number of aromatic nitrogens is 2. The second-order valence-corrected chi connectivity index (χ2v) is 9.05. The van der Waals surface area contributed by atoms with Gasteiger partial charge in [-0.25, -0.2) is 9.97 Å². The molecule has 1 aliphatic carbocycles. The first-order valence-corrected chi connectivity index (χ1v) is 11.8. The summed E-state index contributed by atoms with van der Waals surface area (Å²) < 4.78 is 79.2. The highest BCUT2D eigenvalue weighted by Gasteiger charge is 2.32. The molecule has 0 N–H and O–H groups in total. The molecule has 0 saturated heterocycles. The van der Waals surface area contributed by atoms with Crippen LogP contribution in [-0.4, -0.2) is 15.7 Å². The monoisotopic (exact) mass is 544 g/mol. The van der Waals surface area contributed by atoms with Gasteiger partial charge in [0, 0.05) is 11.1 Å². The molecule has 4 nitrogen and oxygen atoms in total.